The zero-order valence-corrected chi connectivity index (χ0v) is 11.1. The first kappa shape index (κ1) is 14.8. The van der Waals surface area contributed by atoms with Crippen LogP contribution in [0.3, 0.4) is 0 Å². The van der Waals surface area contributed by atoms with E-state index in [4.69, 9.17) is 14.2 Å². The van der Waals surface area contributed by atoms with E-state index in [0.717, 1.165) is 6.67 Å². The molecule has 0 aromatic carbocycles. The van der Waals surface area contributed by atoms with Crippen molar-refractivity contribution in [1.82, 2.24) is 9.80 Å². The largest absolute Gasteiger partial charge is 0.462 e. The van der Waals surface area contributed by atoms with Crippen LogP contribution in [-0.4, -0.2) is 69.1 Å². The van der Waals surface area contributed by atoms with Crippen molar-refractivity contribution in [2.75, 3.05) is 53.3 Å². The summed E-state index contributed by atoms with van der Waals surface area (Å²) in [5.74, 6) is -0.233. The molecule has 0 saturated heterocycles. The average Bonchev–Trinajstić information content (AvgIpc) is 2.73. The summed E-state index contributed by atoms with van der Waals surface area (Å²) in [5.41, 5.74) is 0. The molecule has 0 aliphatic carbocycles. The van der Waals surface area contributed by atoms with Gasteiger partial charge in [0.15, 0.2) is 0 Å². The van der Waals surface area contributed by atoms with Crippen molar-refractivity contribution in [1.29, 1.82) is 0 Å². The van der Waals surface area contributed by atoms with E-state index < -0.39 is 0 Å². The maximum Gasteiger partial charge on any atom is 0.325 e. The van der Waals surface area contributed by atoms with Crippen molar-refractivity contribution in [3.63, 3.8) is 0 Å². The zero-order chi connectivity index (χ0) is 13.2. The topological polar surface area (TPSA) is 51.2 Å². The number of carbonyl (C=O) groups excluding carboxylic acids is 1. The maximum atomic E-state index is 11.4. The van der Waals surface area contributed by atoms with Gasteiger partial charge in [0.25, 0.3) is 0 Å². The average molecular weight is 258 g/mol. The van der Waals surface area contributed by atoms with Crippen LogP contribution in [-0.2, 0) is 19.0 Å². The summed E-state index contributed by atoms with van der Waals surface area (Å²) in [6, 6.07) is 0. The third kappa shape index (κ3) is 6.46. The number of ether oxygens (including phenoxy) is 3. The molecular formula is C12H22N2O4. The van der Waals surface area contributed by atoms with E-state index in [0.29, 0.717) is 33.0 Å². The Labute approximate surface area is 108 Å². The lowest BCUT2D eigenvalue weighted by atomic mass is 10.6. The summed E-state index contributed by atoms with van der Waals surface area (Å²) in [7, 11) is 1.95. The molecule has 1 heterocycles. The first-order valence-electron chi connectivity index (χ1n) is 6.16. The summed E-state index contributed by atoms with van der Waals surface area (Å²) >= 11 is 0. The first-order valence-corrected chi connectivity index (χ1v) is 6.16. The lowest BCUT2D eigenvalue weighted by Gasteiger charge is -2.16. The number of rotatable bonds is 9. The number of esters is 1. The van der Waals surface area contributed by atoms with Crippen molar-refractivity contribution < 1.29 is 19.0 Å². The van der Waals surface area contributed by atoms with E-state index in [9.17, 15) is 4.79 Å². The predicted octanol–water partition coefficient (Wildman–Crippen LogP) is 0.259. The Hall–Kier alpha value is -1.27. The summed E-state index contributed by atoms with van der Waals surface area (Å²) in [5, 5.41) is 0. The van der Waals surface area contributed by atoms with Crippen LogP contribution < -0.4 is 0 Å². The van der Waals surface area contributed by atoms with Crippen LogP contribution >= 0.6 is 0 Å². The molecular weight excluding hydrogens is 236 g/mol. The fraction of sp³-hybridized carbons (Fsp3) is 0.750. The van der Waals surface area contributed by atoms with Crippen LogP contribution in [0.15, 0.2) is 12.4 Å². The van der Waals surface area contributed by atoms with Crippen molar-refractivity contribution in [2.24, 2.45) is 0 Å². The second kappa shape index (κ2) is 8.77. The van der Waals surface area contributed by atoms with Gasteiger partial charge in [-0.3, -0.25) is 4.79 Å². The molecule has 0 spiro atoms. The predicted molar refractivity (Wildman–Crippen MR) is 66.7 cm³/mol. The summed E-state index contributed by atoms with van der Waals surface area (Å²) in [6.07, 6.45) is 3.80. The van der Waals surface area contributed by atoms with Gasteiger partial charge >= 0.3 is 5.97 Å². The molecule has 0 amide bonds. The second-order valence-electron chi connectivity index (χ2n) is 3.97. The highest BCUT2D eigenvalue weighted by Gasteiger charge is 2.13. The molecule has 0 unspecified atom stereocenters. The molecule has 0 radical (unpaired) electrons. The number of nitrogens with zero attached hydrogens (tertiary/aromatic N) is 2. The molecule has 0 aromatic rings. The van der Waals surface area contributed by atoms with E-state index in [-0.39, 0.29) is 12.5 Å². The van der Waals surface area contributed by atoms with Crippen molar-refractivity contribution in [3.05, 3.63) is 12.4 Å². The van der Waals surface area contributed by atoms with E-state index in [1.54, 1.807) is 0 Å². The summed E-state index contributed by atoms with van der Waals surface area (Å²) < 4.78 is 15.4. The first-order chi connectivity index (χ1) is 8.72. The maximum absolute atomic E-state index is 11.4. The number of carbonyl (C=O) groups is 1. The zero-order valence-electron chi connectivity index (χ0n) is 11.1. The molecule has 18 heavy (non-hydrogen) atoms. The van der Waals surface area contributed by atoms with Crippen molar-refractivity contribution in [2.45, 2.75) is 6.92 Å². The smallest absolute Gasteiger partial charge is 0.325 e. The standard InChI is InChI=1S/C12H22N2O4/c1-3-16-6-7-17-8-9-18-12(15)10-14-5-4-13(2)11-14/h4-5H,3,6-11H2,1-2H3. The molecule has 6 heteroatoms. The van der Waals surface area contributed by atoms with Gasteiger partial charge < -0.3 is 24.0 Å². The highest BCUT2D eigenvalue weighted by Crippen LogP contribution is 2.02. The summed E-state index contributed by atoms with van der Waals surface area (Å²) in [4.78, 5) is 15.3. The molecule has 0 saturated carbocycles. The highest BCUT2D eigenvalue weighted by molar-refractivity contribution is 5.71. The Morgan fingerprint density at radius 2 is 1.89 bits per heavy atom. The van der Waals surface area contributed by atoms with Crippen molar-refractivity contribution >= 4 is 5.97 Å². The van der Waals surface area contributed by atoms with Gasteiger partial charge in [-0.15, -0.1) is 0 Å². The third-order valence-electron chi connectivity index (χ3n) is 2.34. The third-order valence-corrected chi connectivity index (χ3v) is 2.34. The summed E-state index contributed by atoms with van der Waals surface area (Å²) in [6.45, 7) is 5.44. The van der Waals surface area contributed by atoms with Crippen LogP contribution in [0, 0.1) is 0 Å². The Morgan fingerprint density at radius 1 is 1.17 bits per heavy atom. The molecule has 0 bridgehead atoms. The molecule has 1 rings (SSSR count). The minimum atomic E-state index is -0.233. The Bertz CT molecular complexity index is 271. The van der Waals surface area contributed by atoms with Crippen LogP contribution in [0.4, 0.5) is 0 Å². The van der Waals surface area contributed by atoms with Gasteiger partial charge in [-0.25, -0.2) is 0 Å². The molecule has 1 aliphatic heterocycles. The quantitative estimate of drug-likeness (QED) is 0.437. The van der Waals surface area contributed by atoms with Crippen LogP contribution in [0.25, 0.3) is 0 Å². The van der Waals surface area contributed by atoms with Gasteiger partial charge in [0.05, 0.1) is 26.5 Å². The molecule has 0 aromatic heterocycles. The number of hydrogen-bond acceptors (Lipinski definition) is 6. The molecule has 1 aliphatic rings. The van der Waals surface area contributed by atoms with Crippen LogP contribution in [0.2, 0.25) is 0 Å². The van der Waals surface area contributed by atoms with Crippen LogP contribution in [0.5, 0.6) is 0 Å². The van der Waals surface area contributed by atoms with E-state index in [2.05, 4.69) is 0 Å². The number of hydrogen-bond donors (Lipinski definition) is 0. The normalized spacial score (nSPS) is 14.3. The Kier molecular flexibility index (Phi) is 7.20. The van der Waals surface area contributed by atoms with Gasteiger partial charge in [-0.2, -0.15) is 0 Å². The van der Waals surface area contributed by atoms with Crippen LogP contribution in [0.1, 0.15) is 6.92 Å². The molecule has 0 N–H and O–H groups in total. The van der Waals surface area contributed by atoms with Crippen molar-refractivity contribution in [3.8, 4) is 0 Å². The van der Waals surface area contributed by atoms with Gasteiger partial charge in [0, 0.05) is 26.1 Å². The Morgan fingerprint density at radius 3 is 2.56 bits per heavy atom. The Balaban J connectivity index is 1.92. The van der Waals surface area contributed by atoms with E-state index >= 15 is 0 Å². The minimum absolute atomic E-state index is 0.233. The van der Waals surface area contributed by atoms with Gasteiger partial charge in [0.1, 0.15) is 13.2 Å². The molecule has 104 valence electrons. The SMILES string of the molecule is CCOCCOCCOC(=O)CN1C=CN(C)C1. The minimum Gasteiger partial charge on any atom is -0.462 e. The van der Waals surface area contributed by atoms with E-state index in [1.807, 2.05) is 36.2 Å². The highest BCUT2D eigenvalue weighted by atomic mass is 16.6. The second-order valence-corrected chi connectivity index (χ2v) is 3.97. The fourth-order valence-electron chi connectivity index (χ4n) is 1.48. The van der Waals surface area contributed by atoms with Gasteiger partial charge in [0.2, 0.25) is 0 Å². The van der Waals surface area contributed by atoms with Gasteiger partial charge in [-0.1, -0.05) is 0 Å². The molecule has 6 nitrogen and oxygen atoms in total. The fourth-order valence-corrected chi connectivity index (χ4v) is 1.48. The lowest BCUT2D eigenvalue weighted by Crippen LogP contribution is -2.29. The van der Waals surface area contributed by atoms with Gasteiger partial charge in [-0.05, 0) is 6.92 Å². The lowest BCUT2D eigenvalue weighted by molar-refractivity contribution is -0.146. The molecule has 0 atom stereocenters. The van der Waals surface area contributed by atoms with E-state index in [1.165, 1.54) is 0 Å². The monoisotopic (exact) mass is 258 g/mol. The molecule has 0 fully saturated rings.